The summed E-state index contributed by atoms with van der Waals surface area (Å²) in [5.74, 6) is -1.08. The molecule has 5 rings (SSSR count). The van der Waals surface area contributed by atoms with E-state index < -0.39 is 5.97 Å². The second-order valence-electron chi connectivity index (χ2n) is 10.0. The second-order valence-corrected chi connectivity index (χ2v) is 10.0. The van der Waals surface area contributed by atoms with Crippen molar-refractivity contribution in [1.29, 1.82) is 0 Å². The van der Waals surface area contributed by atoms with Gasteiger partial charge in [-0.3, -0.25) is 9.59 Å². The number of aryl methyl sites for hydroxylation is 1. The van der Waals surface area contributed by atoms with Crippen LogP contribution in [0.4, 0.5) is 0 Å². The summed E-state index contributed by atoms with van der Waals surface area (Å²) in [5, 5.41) is 13.5. The third kappa shape index (κ3) is 5.29. The summed E-state index contributed by atoms with van der Waals surface area (Å²) in [5.41, 5.74) is 8.39. The first-order valence-corrected chi connectivity index (χ1v) is 13.1. The van der Waals surface area contributed by atoms with Crippen molar-refractivity contribution in [2.45, 2.75) is 33.9 Å². The van der Waals surface area contributed by atoms with Crippen molar-refractivity contribution in [2.24, 2.45) is 0 Å². The molecule has 5 aromatic rings. The van der Waals surface area contributed by atoms with Crippen LogP contribution in [-0.4, -0.2) is 27.3 Å². The molecule has 2 N–H and O–H groups in total. The number of benzene rings is 4. The lowest BCUT2D eigenvalue weighted by molar-refractivity contribution is 0.0697. The average molecular weight is 531 g/mol. The first kappa shape index (κ1) is 26.6. The van der Waals surface area contributed by atoms with Crippen LogP contribution < -0.4 is 5.32 Å². The highest BCUT2D eigenvalue weighted by molar-refractivity contribution is 5.99. The van der Waals surface area contributed by atoms with Crippen molar-refractivity contribution in [2.75, 3.05) is 0 Å². The number of fused-ring (bicyclic) bond motifs is 1. The van der Waals surface area contributed by atoms with E-state index in [0.29, 0.717) is 29.8 Å². The summed E-state index contributed by atoms with van der Waals surface area (Å²) < 4.78 is 2.24. The van der Waals surface area contributed by atoms with E-state index in [9.17, 15) is 19.5 Å². The maximum atomic E-state index is 12.9. The Bertz CT molecular complexity index is 1750. The molecule has 0 bridgehead atoms. The van der Waals surface area contributed by atoms with Crippen LogP contribution in [-0.2, 0) is 13.1 Å². The Hall–Kier alpha value is -4.97. The predicted molar refractivity (Wildman–Crippen MR) is 157 cm³/mol. The number of carbonyl (C=O) groups excluding carboxylic acids is 2. The van der Waals surface area contributed by atoms with Crippen LogP contribution >= 0.6 is 0 Å². The number of carboxylic acids is 1. The van der Waals surface area contributed by atoms with Crippen LogP contribution in [0, 0.1) is 13.8 Å². The van der Waals surface area contributed by atoms with E-state index in [-0.39, 0.29) is 17.3 Å². The van der Waals surface area contributed by atoms with Gasteiger partial charge in [-0.25, -0.2) is 4.79 Å². The first-order chi connectivity index (χ1) is 19.2. The molecule has 6 nitrogen and oxygen atoms in total. The Morgan fingerprint density at radius 1 is 0.800 bits per heavy atom. The van der Waals surface area contributed by atoms with Gasteiger partial charge in [-0.15, -0.1) is 0 Å². The first-order valence-electron chi connectivity index (χ1n) is 13.1. The molecule has 0 atom stereocenters. The molecule has 1 heterocycles. The molecule has 0 radical (unpaired) electrons. The molecule has 0 saturated heterocycles. The zero-order chi connectivity index (χ0) is 28.4. The van der Waals surface area contributed by atoms with Crippen molar-refractivity contribution in [3.05, 3.63) is 130 Å². The van der Waals surface area contributed by atoms with Gasteiger partial charge in [-0.05, 0) is 72.9 Å². The number of nitrogens with zero attached hydrogens (tertiary/aromatic N) is 1. The molecule has 0 unspecified atom stereocenters. The summed E-state index contributed by atoms with van der Waals surface area (Å²) >= 11 is 0. The smallest absolute Gasteiger partial charge is 0.336 e. The third-order valence-corrected chi connectivity index (χ3v) is 7.48. The number of carbonyl (C=O) groups is 3. The molecule has 1 aromatic heterocycles. The van der Waals surface area contributed by atoms with Gasteiger partial charge >= 0.3 is 5.97 Å². The summed E-state index contributed by atoms with van der Waals surface area (Å²) in [6.07, 6.45) is 0. The Morgan fingerprint density at radius 3 is 2.12 bits per heavy atom. The summed E-state index contributed by atoms with van der Waals surface area (Å²) in [6, 6.07) is 28.0. The predicted octanol–water partition coefficient (Wildman–Crippen LogP) is 6.80. The Morgan fingerprint density at radius 2 is 1.45 bits per heavy atom. The average Bonchev–Trinajstić information content (AvgIpc) is 3.20. The highest BCUT2D eigenvalue weighted by Gasteiger charge is 2.15. The van der Waals surface area contributed by atoms with Gasteiger partial charge in [-0.1, -0.05) is 66.7 Å². The summed E-state index contributed by atoms with van der Waals surface area (Å²) in [7, 11) is 0. The Balaban J connectivity index is 1.34. The quantitative estimate of drug-likeness (QED) is 0.216. The highest BCUT2D eigenvalue weighted by Crippen LogP contribution is 2.29. The number of Topliss-reactive ketones (excluding diaryl/α,β-unsaturated/α-hetero) is 1. The fraction of sp³-hybridized carbons (Fsp3) is 0.147. The Kier molecular flexibility index (Phi) is 7.34. The van der Waals surface area contributed by atoms with E-state index in [1.54, 1.807) is 24.3 Å². The number of ketones is 1. The maximum absolute atomic E-state index is 12.9. The van der Waals surface area contributed by atoms with Crippen LogP contribution in [0.1, 0.15) is 60.4 Å². The molecule has 0 spiro atoms. The van der Waals surface area contributed by atoms with Gasteiger partial charge in [0.15, 0.2) is 5.78 Å². The molecule has 6 heteroatoms. The molecule has 0 aliphatic heterocycles. The minimum Gasteiger partial charge on any atom is -0.478 e. The summed E-state index contributed by atoms with van der Waals surface area (Å²) in [4.78, 5) is 36.0. The molecular weight excluding hydrogens is 500 g/mol. The van der Waals surface area contributed by atoms with Crippen molar-refractivity contribution in [3.8, 4) is 11.1 Å². The number of aromatic nitrogens is 1. The number of carboxylic acid groups (broad SMARTS) is 1. The largest absolute Gasteiger partial charge is 0.478 e. The number of nitrogens with one attached hydrogen (secondary N) is 1. The van der Waals surface area contributed by atoms with E-state index >= 15 is 0 Å². The monoisotopic (exact) mass is 530 g/mol. The van der Waals surface area contributed by atoms with Gasteiger partial charge < -0.3 is 15.0 Å². The van der Waals surface area contributed by atoms with Gasteiger partial charge in [0.25, 0.3) is 5.91 Å². The van der Waals surface area contributed by atoms with E-state index in [0.717, 1.165) is 38.9 Å². The summed E-state index contributed by atoms with van der Waals surface area (Å²) in [6.45, 7) is 6.71. The van der Waals surface area contributed by atoms with E-state index in [1.165, 1.54) is 6.92 Å². The number of rotatable bonds is 8. The molecule has 0 saturated carbocycles. The lowest BCUT2D eigenvalue weighted by Gasteiger charge is -2.11. The Labute approximate surface area is 232 Å². The highest BCUT2D eigenvalue weighted by atomic mass is 16.4. The SMILES string of the molecule is CC(=O)c1ccc(CNC(=O)c2ccc3c(c2)c(C)c(C)n3Cc2ccc(-c3ccccc3C(=O)O)cc2)cc1. The van der Waals surface area contributed by atoms with Crippen LogP contribution in [0.3, 0.4) is 0 Å². The van der Waals surface area contributed by atoms with Crippen molar-refractivity contribution >= 4 is 28.6 Å². The minimum atomic E-state index is -0.944. The van der Waals surface area contributed by atoms with Gasteiger partial charge in [-0.2, -0.15) is 0 Å². The van der Waals surface area contributed by atoms with Crippen LogP contribution in [0.25, 0.3) is 22.0 Å². The normalized spacial score (nSPS) is 11.0. The molecule has 1 amide bonds. The van der Waals surface area contributed by atoms with Crippen LogP contribution in [0.15, 0.2) is 91.0 Å². The van der Waals surface area contributed by atoms with Crippen LogP contribution in [0.5, 0.6) is 0 Å². The molecule has 4 aromatic carbocycles. The molecule has 0 fully saturated rings. The number of aromatic carboxylic acids is 1. The van der Waals surface area contributed by atoms with Gasteiger partial charge in [0.05, 0.1) is 5.56 Å². The molecular formula is C34H30N2O4. The van der Waals surface area contributed by atoms with E-state index in [1.807, 2.05) is 66.7 Å². The lowest BCUT2D eigenvalue weighted by atomic mass is 9.99. The number of hydrogen-bond acceptors (Lipinski definition) is 3. The lowest BCUT2D eigenvalue weighted by Crippen LogP contribution is -2.22. The second kappa shape index (κ2) is 11.0. The molecule has 200 valence electrons. The zero-order valence-corrected chi connectivity index (χ0v) is 22.7. The van der Waals surface area contributed by atoms with Gasteiger partial charge in [0.1, 0.15) is 0 Å². The molecule has 40 heavy (non-hydrogen) atoms. The number of hydrogen-bond donors (Lipinski definition) is 2. The zero-order valence-electron chi connectivity index (χ0n) is 22.7. The van der Waals surface area contributed by atoms with Crippen molar-refractivity contribution in [1.82, 2.24) is 9.88 Å². The number of amides is 1. The minimum absolute atomic E-state index is 0.0139. The van der Waals surface area contributed by atoms with Gasteiger partial charge in [0, 0.05) is 40.8 Å². The van der Waals surface area contributed by atoms with E-state index in [2.05, 4.69) is 23.7 Å². The van der Waals surface area contributed by atoms with Crippen molar-refractivity contribution in [3.63, 3.8) is 0 Å². The third-order valence-electron chi connectivity index (χ3n) is 7.48. The molecule has 0 aliphatic rings. The standard InChI is InChI=1S/C34H30N2O4/c1-21-22(2)36(20-25-10-14-27(15-11-25)29-6-4-5-7-30(29)34(39)40)32-17-16-28(18-31(21)32)33(38)35-19-24-8-12-26(13-9-24)23(3)37/h4-18H,19-20H2,1-3H3,(H,35,38)(H,39,40). The molecule has 0 aliphatic carbocycles. The van der Waals surface area contributed by atoms with Gasteiger partial charge in [0.2, 0.25) is 0 Å². The fourth-order valence-corrected chi connectivity index (χ4v) is 5.03. The van der Waals surface area contributed by atoms with E-state index in [4.69, 9.17) is 0 Å². The van der Waals surface area contributed by atoms with Crippen LogP contribution in [0.2, 0.25) is 0 Å². The fourth-order valence-electron chi connectivity index (χ4n) is 5.03. The topological polar surface area (TPSA) is 88.4 Å². The van der Waals surface area contributed by atoms with Crippen molar-refractivity contribution < 1.29 is 19.5 Å². The maximum Gasteiger partial charge on any atom is 0.336 e.